The van der Waals surface area contributed by atoms with E-state index in [0.717, 1.165) is 57.8 Å². The molecular weight excluding hydrogens is 312 g/mol. The number of rotatable bonds is 3. The Kier molecular flexibility index (Phi) is 9.42. The van der Waals surface area contributed by atoms with Crippen molar-refractivity contribution in [3.63, 3.8) is 0 Å². The van der Waals surface area contributed by atoms with E-state index in [4.69, 9.17) is 14.2 Å². The zero-order chi connectivity index (χ0) is 17.9. The van der Waals surface area contributed by atoms with E-state index in [9.17, 15) is 14.4 Å². The summed E-state index contributed by atoms with van der Waals surface area (Å²) >= 11 is 0. The molecule has 0 radical (unpaired) electrons. The van der Waals surface area contributed by atoms with E-state index in [1.165, 1.54) is 20.8 Å². The van der Waals surface area contributed by atoms with Gasteiger partial charge in [0.25, 0.3) is 0 Å². The highest BCUT2D eigenvalue weighted by Gasteiger charge is 2.20. The predicted octanol–water partition coefficient (Wildman–Crippen LogP) is 3.31. The van der Waals surface area contributed by atoms with Gasteiger partial charge in [0.15, 0.2) is 0 Å². The third-order valence-electron chi connectivity index (χ3n) is 4.15. The third-order valence-corrected chi connectivity index (χ3v) is 4.15. The topological polar surface area (TPSA) is 78.9 Å². The summed E-state index contributed by atoms with van der Waals surface area (Å²) in [6.07, 6.45) is 6.73. The molecule has 0 aromatic carbocycles. The summed E-state index contributed by atoms with van der Waals surface area (Å²) in [6, 6.07) is 0. The molecule has 0 aromatic rings. The maximum atomic E-state index is 11.2. The SMILES string of the molecule is CC(=O)OC1CCCC(OC(C)=O)CCCC(OC(C)=O)CCC1. The maximum Gasteiger partial charge on any atom is 0.302 e. The molecule has 0 amide bonds. The highest BCUT2D eigenvalue weighted by Crippen LogP contribution is 2.22. The first-order valence-corrected chi connectivity index (χ1v) is 8.88. The molecule has 1 aliphatic rings. The van der Waals surface area contributed by atoms with Crippen LogP contribution >= 0.6 is 0 Å². The van der Waals surface area contributed by atoms with Crippen molar-refractivity contribution in [3.05, 3.63) is 0 Å². The number of hydrogen-bond acceptors (Lipinski definition) is 6. The monoisotopic (exact) mass is 342 g/mol. The molecule has 0 spiro atoms. The lowest BCUT2D eigenvalue weighted by atomic mass is 9.96. The van der Waals surface area contributed by atoms with E-state index in [2.05, 4.69) is 0 Å². The average Bonchev–Trinajstić information content (AvgIpc) is 2.43. The molecule has 1 fully saturated rings. The predicted molar refractivity (Wildman–Crippen MR) is 88.2 cm³/mol. The number of carbonyl (C=O) groups is 3. The first kappa shape index (κ1) is 20.5. The fourth-order valence-corrected chi connectivity index (χ4v) is 3.21. The molecular formula is C18H30O6. The molecule has 0 saturated heterocycles. The van der Waals surface area contributed by atoms with Crippen LogP contribution < -0.4 is 0 Å². The van der Waals surface area contributed by atoms with Crippen molar-refractivity contribution in [1.82, 2.24) is 0 Å². The van der Waals surface area contributed by atoms with Crippen LogP contribution in [-0.4, -0.2) is 36.2 Å². The fraction of sp³-hybridized carbons (Fsp3) is 0.833. The van der Waals surface area contributed by atoms with Crippen molar-refractivity contribution in [3.8, 4) is 0 Å². The van der Waals surface area contributed by atoms with Gasteiger partial charge in [0, 0.05) is 20.8 Å². The van der Waals surface area contributed by atoms with Crippen LogP contribution in [0.25, 0.3) is 0 Å². The Bertz CT molecular complexity index is 346. The number of carbonyl (C=O) groups excluding carboxylic acids is 3. The van der Waals surface area contributed by atoms with Gasteiger partial charge in [0.2, 0.25) is 0 Å². The van der Waals surface area contributed by atoms with Gasteiger partial charge in [0.05, 0.1) is 0 Å². The van der Waals surface area contributed by atoms with E-state index >= 15 is 0 Å². The largest absolute Gasteiger partial charge is 0.463 e. The molecule has 138 valence electrons. The smallest absolute Gasteiger partial charge is 0.302 e. The first-order chi connectivity index (χ1) is 11.4. The van der Waals surface area contributed by atoms with Crippen LogP contribution in [0.5, 0.6) is 0 Å². The van der Waals surface area contributed by atoms with Crippen LogP contribution in [0.2, 0.25) is 0 Å². The van der Waals surface area contributed by atoms with E-state index in [0.29, 0.717) is 0 Å². The molecule has 6 heteroatoms. The molecule has 0 N–H and O–H groups in total. The van der Waals surface area contributed by atoms with Gasteiger partial charge in [0.1, 0.15) is 18.3 Å². The second-order valence-corrected chi connectivity index (χ2v) is 6.49. The molecule has 6 nitrogen and oxygen atoms in total. The van der Waals surface area contributed by atoms with Crippen molar-refractivity contribution in [1.29, 1.82) is 0 Å². The van der Waals surface area contributed by atoms with Crippen LogP contribution in [0.4, 0.5) is 0 Å². The van der Waals surface area contributed by atoms with E-state index in [1.54, 1.807) is 0 Å². The second-order valence-electron chi connectivity index (χ2n) is 6.49. The summed E-state index contributed by atoms with van der Waals surface area (Å²) in [5.41, 5.74) is 0. The Morgan fingerprint density at radius 2 is 0.750 bits per heavy atom. The maximum absolute atomic E-state index is 11.2. The Hall–Kier alpha value is -1.59. The summed E-state index contributed by atoms with van der Waals surface area (Å²) in [7, 11) is 0. The molecule has 1 aliphatic carbocycles. The molecule has 0 aromatic heterocycles. The molecule has 0 atom stereocenters. The van der Waals surface area contributed by atoms with Crippen LogP contribution in [0.1, 0.15) is 78.6 Å². The third kappa shape index (κ3) is 9.53. The molecule has 24 heavy (non-hydrogen) atoms. The van der Waals surface area contributed by atoms with Gasteiger partial charge in [-0.2, -0.15) is 0 Å². The lowest BCUT2D eigenvalue weighted by Crippen LogP contribution is -2.23. The highest BCUT2D eigenvalue weighted by molar-refractivity contribution is 5.66. The number of hydrogen-bond donors (Lipinski definition) is 0. The Morgan fingerprint density at radius 1 is 0.542 bits per heavy atom. The van der Waals surface area contributed by atoms with Gasteiger partial charge >= 0.3 is 17.9 Å². The lowest BCUT2D eigenvalue weighted by molar-refractivity contribution is -0.147. The summed E-state index contributed by atoms with van der Waals surface area (Å²) in [4.78, 5) is 33.7. The van der Waals surface area contributed by atoms with E-state index in [-0.39, 0.29) is 36.2 Å². The molecule has 0 unspecified atom stereocenters. The zero-order valence-electron chi connectivity index (χ0n) is 15.0. The average molecular weight is 342 g/mol. The van der Waals surface area contributed by atoms with E-state index in [1.807, 2.05) is 0 Å². The van der Waals surface area contributed by atoms with Crippen LogP contribution in [-0.2, 0) is 28.6 Å². The number of ether oxygens (including phenoxy) is 3. The number of esters is 3. The standard InChI is InChI=1S/C18H30O6/c1-13(19)22-16-7-4-9-17(23-14(2)20)11-6-12-18(10-5-8-16)24-15(3)21/h16-18H,4-12H2,1-3H3. The first-order valence-electron chi connectivity index (χ1n) is 8.88. The minimum Gasteiger partial charge on any atom is -0.463 e. The second kappa shape index (κ2) is 11.0. The van der Waals surface area contributed by atoms with Gasteiger partial charge in [-0.3, -0.25) is 14.4 Å². The Morgan fingerprint density at radius 3 is 0.917 bits per heavy atom. The van der Waals surface area contributed by atoms with Crippen LogP contribution in [0.15, 0.2) is 0 Å². The zero-order valence-corrected chi connectivity index (χ0v) is 15.0. The normalized spacial score (nSPS) is 26.4. The van der Waals surface area contributed by atoms with Crippen LogP contribution in [0, 0.1) is 0 Å². The highest BCUT2D eigenvalue weighted by atomic mass is 16.6. The van der Waals surface area contributed by atoms with Crippen molar-refractivity contribution < 1.29 is 28.6 Å². The van der Waals surface area contributed by atoms with Crippen molar-refractivity contribution >= 4 is 17.9 Å². The van der Waals surface area contributed by atoms with Crippen LogP contribution in [0.3, 0.4) is 0 Å². The summed E-state index contributed by atoms with van der Waals surface area (Å²) in [6.45, 7) is 4.25. The molecule has 1 saturated carbocycles. The summed E-state index contributed by atoms with van der Waals surface area (Å²) in [5.74, 6) is -0.833. The molecule has 0 aliphatic heterocycles. The Balaban J connectivity index is 2.67. The Labute approximate surface area is 144 Å². The van der Waals surface area contributed by atoms with Crippen molar-refractivity contribution in [2.75, 3.05) is 0 Å². The van der Waals surface area contributed by atoms with Gasteiger partial charge in [-0.15, -0.1) is 0 Å². The fourth-order valence-electron chi connectivity index (χ4n) is 3.21. The molecule has 1 rings (SSSR count). The minimum atomic E-state index is -0.278. The molecule has 0 heterocycles. The van der Waals surface area contributed by atoms with Crippen molar-refractivity contribution in [2.45, 2.75) is 96.9 Å². The van der Waals surface area contributed by atoms with Gasteiger partial charge in [-0.25, -0.2) is 0 Å². The molecule has 0 bridgehead atoms. The van der Waals surface area contributed by atoms with Crippen molar-refractivity contribution in [2.24, 2.45) is 0 Å². The summed E-state index contributed by atoms with van der Waals surface area (Å²) < 4.78 is 16.1. The minimum absolute atomic E-state index is 0.127. The van der Waals surface area contributed by atoms with Gasteiger partial charge < -0.3 is 14.2 Å². The summed E-state index contributed by atoms with van der Waals surface area (Å²) in [5, 5.41) is 0. The van der Waals surface area contributed by atoms with Gasteiger partial charge in [-0.05, 0) is 57.8 Å². The van der Waals surface area contributed by atoms with Gasteiger partial charge in [-0.1, -0.05) is 0 Å². The quantitative estimate of drug-likeness (QED) is 0.578. The lowest BCUT2D eigenvalue weighted by Gasteiger charge is -2.24. The van der Waals surface area contributed by atoms with E-state index < -0.39 is 0 Å².